The first-order valence-corrected chi connectivity index (χ1v) is 5.78. The van der Waals surface area contributed by atoms with Gasteiger partial charge in [0.15, 0.2) is 0 Å². The minimum atomic E-state index is -0.249. The Morgan fingerprint density at radius 2 is 2.17 bits per heavy atom. The third-order valence-corrected chi connectivity index (χ3v) is 2.66. The van der Waals surface area contributed by atoms with Crippen LogP contribution in [0.1, 0.15) is 15.9 Å². The molecule has 0 bridgehead atoms. The number of hydrogen-bond donors (Lipinski definition) is 2. The molecule has 0 fully saturated rings. The quantitative estimate of drug-likeness (QED) is 0.890. The Balaban J connectivity index is 2.03. The molecule has 0 aliphatic heterocycles. The number of pyridine rings is 1. The third-order valence-electron chi connectivity index (χ3n) is 2.43. The summed E-state index contributed by atoms with van der Waals surface area (Å²) in [6, 6.07) is 10.6. The van der Waals surface area contributed by atoms with E-state index in [1.807, 2.05) is 12.1 Å². The lowest BCUT2D eigenvalue weighted by molar-refractivity contribution is 0.0951. The Morgan fingerprint density at radius 3 is 2.89 bits per heavy atom. The normalized spacial score (nSPS) is 10.1. The number of amides is 1. The Labute approximate surface area is 110 Å². The summed E-state index contributed by atoms with van der Waals surface area (Å²) in [5, 5.41) is 3.41. The predicted octanol–water partition coefficient (Wildman–Crippen LogP) is 2.25. The van der Waals surface area contributed by atoms with E-state index in [-0.39, 0.29) is 11.7 Å². The van der Waals surface area contributed by atoms with Gasteiger partial charge in [0.1, 0.15) is 5.82 Å². The summed E-state index contributed by atoms with van der Waals surface area (Å²) in [4.78, 5) is 15.7. The van der Waals surface area contributed by atoms with Crippen molar-refractivity contribution in [2.24, 2.45) is 0 Å². The Hall–Kier alpha value is -2.07. The highest BCUT2D eigenvalue weighted by Crippen LogP contribution is 2.11. The molecule has 0 saturated carbocycles. The van der Waals surface area contributed by atoms with Gasteiger partial charge in [-0.25, -0.2) is 4.98 Å². The van der Waals surface area contributed by atoms with Crippen molar-refractivity contribution in [1.29, 1.82) is 0 Å². The number of hydrogen-bond acceptors (Lipinski definition) is 3. The molecule has 0 aliphatic rings. The maximum atomic E-state index is 11.9. The largest absolute Gasteiger partial charge is 0.383 e. The Morgan fingerprint density at radius 1 is 1.33 bits per heavy atom. The fourth-order valence-corrected chi connectivity index (χ4v) is 1.75. The summed E-state index contributed by atoms with van der Waals surface area (Å²) in [5.41, 5.74) is 6.93. The van der Waals surface area contributed by atoms with Crippen LogP contribution in [0.2, 0.25) is 5.02 Å². The van der Waals surface area contributed by atoms with Crippen LogP contribution in [-0.2, 0) is 6.54 Å². The molecule has 3 N–H and O–H groups in total. The van der Waals surface area contributed by atoms with E-state index in [0.29, 0.717) is 17.1 Å². The molecule has 0 atom stereocenters. The standard InChI is InChI=1S/C13H12ClN3O/c14-10-4-1-3-9(7-10)8-17-13(18)11-5-2-6-16-12(11)15/h1-7H,8H2,(H2,15,16)(H,17,18). The van der Waals surface area contributed by atoms with Crippen LogP contribution >= 0.6 is 11.6 Å². The second-order valence-corrected chi connectivity index (χ2v) is 4.19. The van der Waals surface area contributed by atoms with Gasteiger partial charge in [0.2, 0.25) is 0 Å². The lowest BCUT2D eigenvalue weighted by Gasteiger charge is -2.07. The molecule has 2 aromatic rings. The van der Waals surface area contributed by atoms with Crippen LogP contribution in [0.25, 0.3) is 0 Å². The highest BCUT2D eigenvalue weighted by atomic mass is 35.5. The van der Waals surface area contributed by atoms with Crippen LogP contribution in [0.15, 0.2) is 42.6 Å². The lowest BCUT2D eigenvalue weighted by Crippen LogP contribution is -2.24. The van der Waals surface area contributed by atoms with Gasteiger partial charge in [-0.3, -0.25) is 4.79 Å². The van der Waals surface area contributed by atoms with E-state index in [1.165, 1.54) is 0 Å². The molecule has 1 heterocycles. The van der Waals surface area contributed by atoms with Gasteiger partial charge in [0.05, 0.1) is 5.56 Å². The van der Waals surface area contributed by atoms with Crippen LogP contribution in [0, 0.1) is 0 Å². The summed E-state index contributed by atoms with van der Waals surface area (Å²) >= 11 is 5.86. The first-order valence-electron chi connectivity index (χ1n) is 5.40. The average molecular weight is 262 g/mol. The van der Waals surface area contributed by atoms with Crippen molar-refractivity contribution in [2.75, 3.05) is 5.73 Å². The molecule has 1 amide bonds. The van der Waals surface area contributed by atoms with Crippen molar-refractivity contribution >= 4 is 23.3 Å². The van der Waals surface area contributed by atoms with Gasteiger partial charge in [-0.1, -0.05) is 23.7 Å². The molecule has 1 aromatic heterocycles. The van der Waals surface area contributed by atoms with E-state index in [4.69, 9.17) is 17.3 Å². The highest BCUT2D eigenvalue weighted by Gasteiger charge is 2.09. The van der Waals surface area contributed by atoms with Crippen LogP contribution in [-0.4, -0.2) is 10.9 Å². The average Bonchev–Trinajstić information content (AvgIpc) is 2.37. The molecule has 5 heteroatoms. The SMILES string of the molecule is Nc1ncccc1C(=O)NCc1cccc(Cl)c1. The summed E-state index contributed by atoms with van der Waals surface area (Å²) in [5.74, 6) is -0.0262. The first kappa shape index (κ1) is 12.4. The molecule has 0 spiro atoms. The van der Waals surface area contributed by atoms with E-state index >= 15 is 0 Å². The van der Waals surface area contributed by atoms with E-state index in [0.717, 1.165) is 5.56 Å². The second-order valence-electron chi connectivity index (χ2n) is 3.75. The molecule has 4 nitrogen and oxygen atoms in total. The van der Waals surface area contributed by atoms with E-state index in [9.17, 15) is 4.79 Å². The zero-order chi connectivity index (χ0) is 13.0. The number of anilines is 1. The van der Waals surface area contributed by atoms with Crippen LogP contribution < -0.4 is 11.1 Å². The zero-order valence-electron chi connectivity index (χ0n) is 9.56. The number of rotatable bonds is 3. The molecule has 92 valence electrons. The number of nitrogens with two attached hydrogens (primary N) is 1. The van der Waals surface area contributed by atoms with Crippen LogP contribution in [0.5, 0.6) is 0 Å². The molecule has 0 unspecified atom stereocenters. The third kappa shape index (κ3) is 2.99. The Kier molecular flexibility index (Phi) is 3.79. The van der Waals surface area contributed by atoms with Crippen molar-refractivity contribution in [2.45, 2.75) is 6.54 Å². The van der Waals surface area contributed by atoms with Gasteiger partial charge >= 0.3 is 0 Å². The molecule has 2 rings (SSSR count). The monoisotopic (exact) mass is 261 g/mol. The maximum absolute atomic E-state index is 11.9. The van der Waals surface area contributed by atoms with Crippen molar-refractivity contribution in [1.82, 2.24) is 10.3 Å². The summed E-state index contributed by atoms with van der Waals surface area (Å²) in [6.07, 6.45) is 1.54. The highest BCUT2D eigenvalue weighted by molar-refractivity contribution is 6.30. The predicted molar refractivity (Wildman–Crippen MR) is 71.3 cm³/mol. The summed E-state index contributed by atoms with van der Waals surface area (Å²) in [6.45, 7) is 0.397. The number of carbonyl (C=O) groups excluding carboxylic acids is 1. The molecular formula is C13H12ClN3O. The number of nitrogens with zero attached hydrogens (tertiary/aromatic N) is 1. The van der Waals surface area contributed by atoms with Gasteiger partial charge < -0.3 is 11.1 Å². The number of halogens is 1. The fourth-order valence-electron chi connectivity index (χ4n) is 1.53. The topological polar surface area (TPSA) is 68.0 Å². The van der Waals surface area contributed by atoms with Crippen molar-refractivity contribution in [3.05, 3.63) is 58.7 Å². The number of carbonyl (C=O) groups is 1. The number of benzene rings is 1. The molecular weight excluding hydrogens is 250 g/mol. The van der Waals surface area contributed by atoms with E-state index < -0.39 is 0 Å². The maximum Gasteiger partial charge on any atom is 0.255 e. The minimum absolute atomic E-state index is 0.223. The smallest absolute Gasteiger partial charge is 0.255 e. The van der Waals surface area contributed by atoms with Crippen molar-refractivity contribution < 1.29 is 4.79 Å². The van der Waals surface area contributed by atoms with Gasteiger partial charge in [-0.15, -0.1) is 0 Å². The minimum Gasteiger partial charge on any atom is -0.383 e. The van der Waals surface area contributed by atoms with Gasteiger partial charge in [0, 0.05) is 17.8 Å². The van der Waals surface area contributed by atoms with E-state index in [2.05, 4.69) is 10.3 Å². The lowest BCUT2D eigenvalue weighted by atomic mass is 10.2. The Bertz CT molecular complexity index is 572. The molecule has 0 aliphatic carbocycles. The summed E-state index contributed by atoms with van der Waals surface area (Å²) in [7, 11) is 0. The van der Waals surface area contributed by atoms with Crippen LogP contribution in [0.3, 0.4) is 0 Å². The molecule has 0 radical (unpaired) electrons. The summed E-state index contributed by atoms with van der Waals surface area (Å²) < 4.78 is 0. The van der Waals surface area contributed by atoms with E-state index in [1.54, 1.807) is 30.5 Å². The van der Waals surface area contributed by atoms with Gasteiger partial charge in [0.25, 0.3) is 5.91 Å². The van der Waals surface area contributed by atoms with Crippen molar-refractivity contribution in [3.8, 4) is 0 Å². The first-order chi connectivity index (χ1) is 8.66. The van der Waals surface area contributed by atoms with Crippen molar-refractivity contribution in [3.63, 3.8) is 0 Å². The molecule has 0 saturated heterocycles. The van der Waals surface area contributed by atoms with Gasteiger partial charge in [-0.2, -0.15) is 0 Å². The zero-order valence-corrected chi connectivity index (χ0v) is 10.3. The second kappa shape index (κ2) is 5.51. The fraction of sp³-hybridized carbons (Fsp3) is 0.0769. The van der Waals surface area contributed by atoms with Gasteiger partial charge in [-0.05, 0) is 29.8 Å². The number of aromatic nitrogens is 1. The number of nitrogens with one attached hydrogen (secondary N) is 1. The van der Waals surface area contributed by atoms with Crippen LogP contribution in [0.4, 0.5) is 5.82 Å². The molecule has 18 heavy (non-hydrogen) atoms. The molecule has 1 aromatic carbocycles. The number of nitrogen functional groups attached to an aromatic ring is 1.